The van der Waals surface area contributed by atoms with Crippen LogP contribution in [0.2, 0.25) is 0 Å². The molecule has 1 aliphatic rings. The van der Waals surface area contributed by atoms with Gasteiger partial charge in [-0.25, -0.2) is 4.79 Å². The number of ether oxygens (including phenoxy) is 2. The first-order chi connectivity index (χ1) is 15.0. The minimum atomic E-state index is -0.737. The normalized spacial score (nSPS) is 14.5. The summed E-state index contributed by atoms with van der Waals surface area (Å²) in [6, 6.07) is 16.0. The molecule has 3 amide bonds. The summed E-state index contributed by atoms with van der Waals surface area (Å²) in [5.41, 5.74) is 0.821. The molecule has 31 heavy (non-hydrogen) atoms. The Hall–Kier alpha value is -3.55. The smallest absolute Gasteiger partial charge is 0.409 e. The minimum absolute atomic E-state index is 0.198. The number of anilines is 1. The fourth-order valence-corrected chi connectivity index (χ4v) is 3.25. The van der Waals surface area contributed by atoms with Crippen molar-refractivity contribution in [2.75, 3.05) is 38.1 Å². The molecule has 2 aromatic carbocycles. The zero-order valence-electron chi connectivity index (χ0n) is 17.7. The van der Waals surface area contributed by atoms with Gasteiger partial charge >= 0.3 is 6.09 Å². The lowest BCUT2D eigenvalue weighted by molar-refractivity contribution is -0.122. The monoisotopic (exact) mass is 425 g/mol. The van der Waals surface area contributed by atoms with Gasteiger partial charge in [0.15, 0.2) is 6.10 Å². The van der Waals surface area contributed by atoms with E-state index in [0.717, 1.165) is 0 Å². The van der Waals surface area contributed by atoms with Crippen LogP contribution in [0.25, 0.3) is 0 Å². The van der Waals surface area contributed by atoms with Crippen LogP contribution in [0, 0.1) is 0 Å². The first kappa shape index (κ1) is 22.1. The van der Waals surface area contributed by atoms with Crippen LogP contribution in [0.5, 0.6) is 5.75 Å². The summed E-state index contributed by atoms with van der Waals surface area (Å²) in [5, 5.41) is 2.80. The van der Waals surface area contributed by atoms with E-state index in [0.29, 0.717) is 49.8 Å². The number of hydrogen-bond donors (Lipinski definition) is 1. The van der Waals surface area contributed by atoms with Crippen molar-refractivity contribution in [2.45, 2.75) is 20.0 Å². The van der Waals surface area contributed by atoms with Crippen molar-refractivity contribution in [2.24, 2.45) is 0 Å². The topological polar surface area (TPSA) is 88.2 Å². The van der Waals surface area contributed by atoms with Gasteiger partial charge in [-0.2, -0.15) is 0 Å². The summed E-state index contributed by atoms with van der Waals surface area (Å²) in [5.74, 6) is 0.0428. The Balaban J connectivity index is 1.63. The molecular formula is C23H27N3O5. The van der Waals surface area contributed by atoms with Crippen LogP contribution < -0.4 is 10.1 Å². The largest absolute Gasteiger partial charge is 0.481 e. The van der Waals surface area contributed by atoms with Crippen LogP contribution in [0.4, 0.5) is 10.5 Å². The van der Waals surface area contributed by atoms with Crippen molar-refractivity contribution < 1.29 is 23.9 Å². The average molecular weight is 425 g/mol. The molecule has 0 aliphatic carbocycles. The molecular weight excluding hydrogens is 398 g/mol. The number of benzene rings is 2. The molecule has 3 rings (SSSR count). The van der Waals surface area contributed by atoms with Crippen molar-refractivity contribution in [1.82, 2.24) is 9.80 Å². The number of nitrogens with one attached hydrogen (secondary N) is 1. The number of rotatable bonds is 6. The number of nitrogens with zero attached hydrogens (tertiary/aromatic N) is 2. The van der Waals surface area contributed by atoms with Crippen LogP contribution in [0.15, 0.2) is 54.6 Å². The fourth-order valence-electron chi connectivity index (χ4n) is 3.25. The van der Waals surface area contributed by atoms with Crippen LogP contribution in [-0.4, -0.2) is 66.6 Å². The Kier molecular flexibility index (Phi) is 7.48. The molecule has 8 heteroatoms. The second kappa shape index (κ2) is 10.5. The third-order valence-corrected chi connectivity index (χ3v) is 4.93. The Morgan fingerprint density at radius 3 is 2.23 bits per heavy atom. The highest BCUT2D eigenvalue weighted by Gasteiger charge is 2.27. The highest BCUT2D eigenvalue weighted by atomic mass is 16.6. The van der Waals surface area contributed by atoms with E-state index >= 15 is 0 Å². The van der Waals surface area contributed by atoms with Crippen molar-refractivity contribution >= 4 is 23.6 Å². The molecule has 2 aromatic rings. The lowest BCUT2D eigenvalue weighted by Gasteiger charge is -2.34. The molecule has 8 nitrogen and oxygen atoms in total. The molecule has 1 unspecified atom stereocenters. The lowest BCUT2D eigenvalue weighted by Crippen LogP contribution is -2.50. The van der Waals surface area contributed by atoms with Crippen molar-refractivity contribution in [3.8, 4) is 5.75 Å². The maximum atomic E-state index is 13.1. The Morgan fingerprint density at radius 2 is 1.55 bits per heavy atom. The first-order valence-corrected chi connectivity index (χ1v) is 10.3. The summed E-state index contributed by atoms with van der Waals surface area (Å²) >= 11 is 0. The molecule has 0 aromatic heterocycles. The minimum Gasteiger partial charge on any atom is -0.481 e. The molecule has 164 valence electrons. The second-order valence-electron chi connectivity index (χ2n) is 7.09. The van der Waals surface area contributed by atoms with E-state index in [1.807, 2.05) is 18.2 Å². The van der Waals surface area contributed by atoms with Crippen molar-refractivity contribution in [1.29, 1.82) is 0 Å². The molecule has 1 heterocycles. The zero-order valence-corrected chi connectivity index (χ0v) is 17.7. The van der Waals surface area contributed by atoms with Gasteiger partial charge < -0.3 is 24.6 Å². The number of amides is 3. The molecule has 0 bridgehead atoms. The van der Waals surface area contributed by atoms with E-state index in [2.05, 4.69) is 5.32 Å². The van der Waals surface area contributed by atoms with E-state index in [9.17, 15) is 14.4 Å². The maximum absolute atomic E-state index is 13.1. The fraction of sp³-hybridized carbons (Fsp3) is 0.348. The Labute approximate surface area is 181 Å². The summed E-state index contributed by atoms with van der Waals surface area (Å²) in [6.45, 7) is 5.33. The molecule has 1 fully saturated rings. The van der Waals surface area contributed by atoms with Crippen molar-refractivity contribution in [3.63, 3.8) is 0 Å². The second-order valence-corrected chi connectivity index (χ2v) is 7.09. The van der Waals surface area contributed by atoms with Gasteiger partial charge in [-0.05, 0) is 38.1 Å². The summed E-state index contributed by atoms with van der Waals surface area (Å²) < 4.78 is 10.7. The third-order valence-electron chi connectivity index (χ3n) is 4.93. The number of hydrogen-bond acceptors (Lipinski definition) is 5. The third kappa shape index (κ3) is 5.75. The van der Waals surface area contributed by atoms with Gasteiger partial charge in [0.05, 0.1) is 17.9 Å². The SMILES string of the molecule is CCOC(=O)N1CCN(C(=O)c2ccccc2NC(=O)C(C)Oc2ccccc2)CC1. The maximum Gasteiger partial charge on any atom is 0.409 e. The molecule has 0 spiro atoms. The van der Waals surface area contributed by atoms with Crippen LogP contribution >= 0.6 is 0 Å². The van der Waals surface area contributed by atoms with Gasteiger partial charge in [0, 0.05) is 26.2 Å². The summed E-state index contributed by atoms with van der Waals surface area (Å²) in [4.78, 5) is 40.8. The van der Waals surface area contributed by atoms with Crippen LogP contribution in [0.1, 0.15) is 24.2 Å². The molecule has 1 aliphatic heterocycles. The van der Waals surface area contributed by atoms with E-state index in [-0.39, 0.29) is 17.9 Å². The van der Waals surface area contributed by atoms with Gasteiger partial charge in [0.1, 0.15) is 5.75 Å². The average Bonchev–Trinajstić information content (AvgIpc) is 2.80. The van der Waals surface area contributed by atoms with Crippen molar-refractivity contribution in [3.05, 3.63) is 60.2 Å². The first-order valence-electron chi connectivity index (χ1n) is 10.3. The van der Waals surface area contributed by atoms with Gasteiger partial charge in [-0.3, -0.25) is 9.59 Å². The van der Waals surface area contributed by atoms with E-state index < -0.39 is 6.10 Å². The standard InChI is InChI=1S/C23H27N3O5/c1-3-30-23(29)26-15-13-25(14-16-26)22(28)19-11-7-8-12-20(19)24-21(27)17(2)31-18-9-5-4-6-10-18/h4-12,17H,3,13-16H2,1-2H3,(H,24,27). The number of para-hydroxylation sites is 2. The summed E-state index contributed by atoms with van der Waals surface area (Å²) in [6.07, 6.45) is -1.10. The quantitative estimate of drug-likeness (QED) is 0.769. The van der Waals surface area contributed by atoms with E-state index in [1.54, 1.807) is 60.0 Å². The summed E-state index contributed by atoms with van der Waals surface area (Å²) in [7, 11) is 0. The number of carbonyl (C=O) groups is 3. The van der Waals surface area contributed by atoms with Crippen LogP contribution in [-0.2, 0) is 9.53 Å². The highest BCUT2D eigenvalue weighted by Crippen LogP contribution is 2.20. The Morgan fingerprint density at radius 1 is 0.935 bits per heavy atom. The van der Waals surface area contributed by atoms with E-state index in [1.165, 1.54) is 0 Å². The molecule has 1 atom stereocenters. The van der Waals surface area contributed by atoms with Crippen LogP contribution in [0.3, 0.4) is 0 Å². The molecule has 1 saturated heterocycles. The Bertz CT molecular complexity index is 910. The highest BCUT2D eigenvalue weighted by molar-refractivity contribution is 6.04. The van der Waals surface area contributed by atoms with Gasteiger partial charge in [0.25, 0.3) is 11.8 Å². The number of piperazine rings is 1. The predicted molar refractivity (Wildman–Crippen MR) is 116 cm³/mol. The van der Waals surface area contributed by atoms with Gasteiger partial charge in [-0.15, -0.1) is 0 Å². The predicted octanol–water partition coefficient (Wildman–Crippen LogP) is 3.01. The lowest BCUT2D eigenvalue weighted by atomic mass is 10.1. The van der Waals surface area contributed by atoms with E-state index in [4.69, 9.17) is 9.47 Å². The molecule has 0 radical (unpaired) electrons. The van der Waals surface area contributed by atoms with Gasteiger partial charge in [0.2, 0.25) is 0 Å². The molecule has 0 saturated carbocycles. The van der Waals surface area contributed by atoms with Gasteiger partial charge in [-0.1, -0.05) is 30.3 Å². The number of carbonyl (C=O) groups excluding carboxylic acids is 3. The molecule has 1 N–H and O–H groups in total. The zero-order chi connectivity index (χ0) is 22.2.